The van der Waals surface area contributed by atoms with Gasteiger partial charge >= 0.3 is 6.18 Å². The van der Waals surface area contributed by atoms with Gasteiger partial charge in [0.25, 0.3) is 0 Å². The van der Waals surface area contributed by atoms with Crippen LogP contribution in [0, 0.1) is 0 Å². The smallest absolute Gasteiger partial charge is 0.416 e. The van der Waals surface area contributed by atoms with Crippen LogP contribution in [0.4, 0.5) is 13.2 Å². The van der Waals surface area contributed by atoms with Gasteiger partial charge in [-0.1, -0.05) is 23.7 Å². The van der Waals surface area contributed by atoms with Gasteiger partial charge in [0.1, 0.15) is 16.7 Å². The lowest BCUT2D eigenvalue weighted by molar-refractivity contribution is -0.137. The minimum Gasteiger partial charge on any atom is -0.507 e. The summed E-state index contributed by atoms with van der Waals surface area (Å²) in [7, 11) is 0. The normalized spacial score (nSPS) is 11.7. The molecule has 1 heterocycles. The summed E-state index contributed by atoms with van der Waals surface area (Å²) >= 11 is 5.93. The maximum Gasteiger partial charge on any atom is 0.416 e. The minimum atomic E-state index is -4.40. The first kappa shape index (κ1) is 15.4. The summed E-state index contributed by atoms with van der Waals surface area (Å²) in [5.41, 5.74) is 0.145. The summed E-state index contributed by atoms with van der Waals surface area (Å²) < 4.78 is 39.5. The van der Waals surface area contributed by atoms with Crippen LogP contribution in [0.1, 0.15) is 5.56 Å². The highest BCUT2D eigenvalue weighted by Crippen LogP contribution is 2.33. The second kappa shape index (κ2) is 5.62. The SMILES string of the molecule is Oc1ccccc1-c1nc(Cl)cn1-c1ccc(C(F)(F)F)cc1. The Labute approximate surface area is 134 Å². The van der Waals surface area contributed by atoms with Crippen LogP contribution in [-0.2, 0) is 6.18 Å². The van der Waals surface area contributed by atoms with Gasteiger partial charge in [-0.3, -0.25) is 4.57 Å². The molecule has 0 saturated carbocycles. The number of hydrogen-bond acceptors (Lipinski definition) is 2. The van der Waals surface area contributed by atoms with Gasteiger partial charge < -0.3 is 5.11 Å². The molecule has 0 aliphatic carbocycles. The van der Waals surface area contributed by atoms with Gasteiger partial charge in [-0.25, -0.2) is 4.98 Å². The monoisotopic (exact) mass is 338 g/mol. The molecule has 118 valence electrons. The number of para-hydroxylation sites is 1. The van der Waals surface area contributed by atoms with Crippen molar-refractivity contribution in [1.29, 1.82) is 0 Å². The van der Waals surface area contributed by atoms with Crippen LogP contribution < -0.4 is 0 Å². The van der Waals surface area contributed by atoms with Gasteiger partial charge in [-0.05, 0) is 36.4 Å². The summed E-state index contributed by atoms with van der Waals surface area (Å²) in [4.78, 5) is 4.14. The maximum absolute atomic E-state index is 12.6. The molecule has 0 amide bonds. The third-order valence-electron chi connectivity index (χ3n) is 3.29. The van der Waals surface area contributed by atoms with E-state index in [1.807, 2.05) is 0 Å². The van der Waals surface area contributed by atoms with Gasteiger partial charge in [0.2, 0.25) is 0 Å². The van der Waals surface area contributed by atoms with Crippen LogP contribution >= 0.6 is 11.6 Å². The van der Waals surface area contributed by atoms with Crippen molar-refractivity contribution in [1.82, 2.24) is 9.55 Å². The molecule has 0 aliphatic rings. The van der Waals surface area contributed by atoms with Crippen molar-refractivity contribution >= 4 is 11.6 Å². The highest BCUT2D eigenvalue weighted by atomic mass is 35.5. The van der Waals surface area contributed by atoms with E-state index in [2.05, 4.69) is 4.98 Å². The van der Waals surface area contributed by atoms with Crippen LogP contribution in [0.3, 0.4) is 0 Å². The standard InChI is InChI=1S/C16H10ClF3N2O/c17-14-9-22(11-7-5-10(6-8-11)16(18,19)20)15(21-14)12-3-1-2-4-13(12)23/h1-9,23H. The van der Waals surface area contributed by atoms with E-state index in [-0.39, 0.29) is 10.9 Å². The van der Waals surface area contributed by atoms with E-state index in [0.717, 1.165) is 12.1 Å². The Bertz CT molecular complexity index is 841. The maximum atomic E-state index is 12.6. The number of hydrogen-bond donors (Lipinski definition) is 1. The van der Waals surface area contributed by atoms with Crippen molar-refractivity contribution in [2.45, 2.75) is 6.18 Å². The van der Waals surface area contributed by atoms with Crippen molar-refractivity contribution in [3.05, 3.63) is 65.4 Å². The summed E-state index contributed by atoms with van der Waals surface area (Å²) in [6.07, 6.45) is -2.92. The average Bonchev–Trinajstić information content (AvgIpc) is 2.89. The molecule has 1 N–H and O–H groups in total. The molecule has 3 rings (SSSR count). The van der Waals surface area contributed by atoms with Crippen molar-refractivity contribution in [3.63, 3.8) is 0 Å². The Balaban J connectivity index is 2.10. The third-order valence-corrected chi connectivity index (χ3v) is 3.48. The molecule has 7 heteroatoms. The van der Waals surface area contributed by atoms with Crippen LogP contribution in [-0.4, -0.2) is 14.7 Å². The van der Waals surface area contributed by atoms with E-state index >= 15 is 0 Å². The fraction of sp³-hybridized carbons (Fsp3) is 0.0625. The van der Waals surface area contributed by atoms with Crippen molar-refractivity contribution in [2.75, 3.05) is 0 Å². The number of phenols is 1. The minimum absolute atomic E-state index is 0.00271. The number of imidazole rings is 1. The number of aromatic hydroxyl groups is 1. The molecule has 0 aliphatic heterocycles. The molecular formula is C16H10ClF3N2O. The molecule has 0 fully saturated rings. The van der Waals surface area contributed by atoms with Gasteiger partial charge in [-0.2, -0.15) is 13.2 Å². The van der Waals surface area contributed by atoms with Gasteiger partial charge in [0, 0.05) is 11.9 Å². The van der Waals surface area contributed by atoms with Gasteiger partial charge in [-0.15, -0.1) is 0 Å². The van der Waals surface area contributed by atoms with Crippen LogP contribution in [0.25, 0.3) is 17.1 Å². The van der Waals surface area contributed by atoms with E-state index in [1.165, 1.54) is 29.0 Å². The second-order valence-corrected chi connectivity index (χ2v) is 5.21. The predicted octanol–water partition coefficient (Wildman–Crippen LogP) is 4.92. The van der Waals surface area contributed by atoms with Crippen LogP contribution in [0.2, 0.25) is 5.15 Å². The fourth-order valence-electron chi connectivity index (χ4n) is 2.21. The molecule has 23 heavy (non-hydrogen) atoms. The number of phenolic OH excluding ortho intramolecular Hbond substituents is 1. The molecule has 2 aromatic carbocycles. The van der Waals surface area contributed by atoms with E-state index in [0.29, 0.717) is 17.1 Å². The number of nitrogens with zero attached hydrogens (tertiary/aromatic N) is 2. The lowest BCUT2D eigenvalue weighted by Crippen LogP contribution is -2.05. The largest absolute Gasteiger partial charge is 0.507 e. The molecule has 0 unspecified atom stereocenters. The zero-order chi connectivity index (χ0) is 16.6. The molecule has 3 nitrogen and oxygen atoms in total. The Morgan fingerprint density at radius 2 is 1.65 bits per heavy atom. The van der Waals surface area contributed by atoms with Crippen LogP contribution in [0.5, 0.6) is 5.75 Å². The fourth-order valence-corrected chi connectivity index (χ4v) is 2.39. The highest BCUT2D eigenvalue weighted by Gasteiger charge is 2.30. The molecule has 3 aromatic rings. The first-order valence-electron chi connectivity index (χ1n) is 6.57. The van der Waals surface area contributed by atoms with Crippen molar-refractivity contribution in [2.24, 2.45) is 0 Å². The predicted molar refractivity (Wildman–Crippen MR) is 80.7 cm³/mol. The summed E-state index contributed by atoms with van der Waals surface area (Å²) in [5.74, 6) is 0.343. The van der Waals surface area contributed by atoms with Gasteiger partial charge in [0.05, 0.1) is 11.1 Å². The zero-order valence-corrected chi connectivity index (χ0v) is 12.3. The van der Waals surface area contributed by atoms with E-state index < -0.39 is 11.7 Å². The lowest BCUT2D eigenvalue weighted by atomic mass is 10.1. The number of rotatable bonds is 2. The molecule has 0 saturated heterocycles. The Hall–Kier alpha value is -2.47. The molecule has 0 atom stereocenters. The quantitative estimate of drug-likeness (QED) is 0.720. The summed E-state index contributed by atoms with van der Waals surface area (Å²) in [6.45, 7) is 0. The molecular weight excluding hydrogens is 329 g/mol. The van der Waals surface area contributed by atoms with E-state index in [4.69, 9.17) is 11.6 Å². The number of alkyl halides is 3. The number of aromatic nitrogens is 2. The zero-order valence-electron chi connectivity index (χ0n) is 11.5. The molecule has 0 bridgehead atoms. The molecule has 1 aromatic heterocycles. The van der Waals surface area contributed by atoms with E-state index in [1.54, 1.807) is 18.2 Å². The van der Waals surface area contributed by atoms with E-state index in [9.17, 15) is 18.3 Å². The van der Waals surface area contributed by atoms with Crippen molar-refractivity contribution in [3.8, 4) is 22.8 Å². The average molecular weight is 339 g/mol. The Kier molecular flexibility index (Phi) is 3.77. The van der Waals surface area contributed by atoms with Crippen LogP contribution in [0.15, 0.2) is 54.7 Å². The Morgan fingerprint density at radius 3 is 2.26 bits per heavy atom. The van der Waals surface area contributed by atoms with Crippen molar-refractivity contribution < 1.29 is 18.3 Å². The highest BCUT2D eigenvalue weighted by molar-refractivity contribution is 6.29. The summed E-state index contributed by atoms with van der Waals surface area (Å²) in [6, 6.07) is 11.1. The number of halogens is 4. The number of benzene rings is 2. The third kappa shape index (κ3) is 3.03. The molecule has 0 radical (unpaired) electrons. The topological polar surface area (TPSA) is 38.1 Å². The Morgan fingerprint density at radius 1 is 1.00 bits per heavy atom. The van der Waals surface area contributed by atoms with Gasteiger partial charge in [0.15, 0.2) is 0 Å². The second-order valence-electron chi connectivity index (χ2n) is 4.82. The lowest BCUT2D eigenvalue weighted by Gasteiger charge is -2.11. The first-order chi connectivity index (χ1) is 10.9. The first-order valence-corrected chi connectivity index (χ1v) is 6.95. The molecule has 0 spiro atoms. The summed E-state index contributed by atoms with van der Waals surface area (Å²) in [5, 5.41) is 10.1.